The molecule has 0 spiro atoms. The Morgan fingerprint density at radius 2 is 1.74 bits per heavy atom. The molecule has 1 aliphatic carbocycles. The largest absolute Gasteiger partial charge is 0.355 e. The van der Waals surface area contributed by atoms with Crippen LogP contribution < -0.4 is 10.6 Å². The molecular weight excluding hydrogens is 338 g/mol. The van der Waals surface area contributed by atoms with Crippen LogP contribution in [0.3, 0.4) is 0 Å². The topological polar surface area (TPSA) is 60.0 Å². The number of rotatable bonds is 8. The van der Waals surface area contributed by atoms with Gasteiger partial charge in [-0.05, 0) is 38.5 Å². The van der Waals surface area contributed by atoms with Gasteiger partial charge in [-0.3, -0.25) is 14.7 Å². The lowest BCUT2D eigenvalue weighted by Gasteiger charge is -2.36. The maximum Gasteiger partial charge on any atom is 0.225 e. The van der Waals surface area contributed by atoms with Gasteiger partial charge in [0.25, 0.3) is 0 Å². The van der Waals surface area contributed by atoms with Crippen LogP contribution in [0.25, 0.3) is 0 Å². The Balaban J connectivity index is 1.60. The van der Waals surface area contributed by atoms with Crippen molar-refractivity contribution in [3.63, 3.8) is 0 Å². The molecule has 1 aliphatic heterocycles. The van der Waals surface area contributed by atoms with Crippen molar-refractivity contribution < 1.29 is 4.79 Å². The summed E-state index contributed by atoms with van der Waals surface area (Å²) < 4.78 is 0. The molecule has 6 heteroatoms. The first-order valence-corrected chi connectivity index (χ1v) is 11.0. The number of carbonyl (C=O) groups excluding carboxylic acids is 1. The molecule has 0 radical (unpaired) electrons. The van der Waals surface area contributed by atoms with E-state index in [1.54, 1.807) is 0 Å². The van der Waals surface area contributed by atoms with Gasteiger partial charge in [-0.25, -0.2) is 0 Å². The zero-order chi connectivity index (χ0) is 19.6. The molecule has 1 amide bonds. The second kappa shape index (κ2) is 11.5. The Morgan fingerprint density at radius 1 is 1.07 bits per heavy atom. The molecule has 0 bridgehead atoms. The molecule has 2 fully saturated rings. The molecule has 0 aromatic heterocycles. The van der Waals surface area contributed by atoms with Crippen molar-refractivity contribution in [2.75, 3.05) is 46.3 Å². The second-order valence-corrected chi connectivity index (χ2v) is 8.66. The Kier molecular flexibility index (Phi) is 9.39. The van der Waals surface area contributed by atoms with Crippen LogP contribution in [0.5, 0.6) is 0 Å². The van der Waals surface area contributed by atoms with Gasteiger partial charge < -0.3 is 15.5 Å². The van der Waals surface area contributed by atoms with Crippen LogP contribution in [0.4, 0.5) is 0 Å². The average Bonchev–Trinajstić information content (AvgIpc) is 3.20. The predicted molar refractivity (Wildman–Crippen MR) is 113 cm³/mol. The molecule has 1 unspecified atom stereocenters. The Bertz CT molecular complexity index is 465. The van der Waals surface area contributed by atoms with E-state index in [-0.39, 0.29) is 0 Å². The maximum absolute atomic E-state index is 12.5. The Labute approximate surface area is 166 Å². The summed E-state index contributed by atoms with van der Waals surface area (Å²) in [5, 5.41) is 6.91. The monoisotopic (exact) mass is 379 g/mol. The van der Waals surface area contributed by atoms with Gasteiger partial charge >= 0.3 is 0 Å². The van der Waals surface area contributed by atoms with Gasteiger partial charge in [0, 0.05) is 58.3 Å². The van der Waals surface area contributed by atoms with Crippen molar-refractivity contribution >= 4 is 11.9 Å². The zero-order valence-corrected chi connectivity index (χ0v) is 18.0. The quantitative estimate of drug-likeness (QED) is 0.502. The minimum absolute atomic E-state index is 0.310. The van der Waals surface area contributed by atoms with Crippen LogP contribution >= 0.6 is 0 Å². The van der Waals surface area contributed by atoms with E-state index in [0.717, 1.165) is 70.4 Å². The molecule has 156 valence electrons. The second-order valence-electron chi connectivity index (χ2n) is 8.66. The molecule has 1 saturated heterocycles. The standard InChI is InChI=1S/C21H41N5O/c1-17(2)9-10-18(3)24-21(22-4)23-11-12-25-13-15-26(16-14-25)20(27)19-7-5-6-8-19/h17-19H,5-16H2,1-4H3,(H2,22,23,24). The van der Waals surface area contributed by atoms with E-state index < -0.39 is 0 Å². The number of hydrogen-bond acceptors (Lipinski definition) is 3. The summed E-state index contributed by atoms with van der Waals surface area (Å²) in [6, 6.07) is 0.434. The zero-order valence-electron chi connectivity index (χ0n) is 18.0. The lowest BCUT2D eigenvalue weighted by atomic mass is 10.0. The summed E-state index contributed by atoms with van der Waals surface area (Å²) in [6.45, 7) is 12.4. The van der Waals surface area contributed by atoms with Crippen LogP contribution in [-0.4, -0.2) is 74.0 Å². The smallest absolute Gasteiger partial charge is 0.225 e. The van der Waals surface area contributed by atoms with Crippen molar-refractivity contribution in [1.82, 2.24) is 20.4 Å². The molecule has 0 aromatic rings. The molecule has 2 N–H and O–H groups in total. The lowest BCUT2D eigenvalue weighted by molar-refractivity contribution is -0.137. The number of piperazine rings is 1. The number of carbonyl (C=O) groups is 1. The first-order valence-electron chi connectivity index (χ1n) is 11.0. The van der Waals surface area contributed by atoms with E-state index in [1.165, 1.54) is 19.3 Å². The first-order chi connectivity index (χ1) is 13.0. The summed E-state index contributed by atoms with van der Waals surface area (Å²) in [5.41, 5.74) is 0. The fourth-order valence-corrected chi connectivity index (χ4v) is 4.04. The summed E-state index contributed by atoms with van der Waals surface area (Å²) in [7, 11) is 1.83. The molecule has 2 rings (SSSR count). The van der Waals surface area contributed by atoms with Gasteiger partial charge in [0.1, 0.15) is 0 Å². The Morgan fingerprint density at radius 3 is 2.33 bits per heavy atom. The highest BCUT2D eigenvalue weighted by Crippen LogP contribution is 2.26. The number of aliphatic imine (C=N–C) groups is 1. The number of guanidine groups is 1. The molecule has 6 nitrogen and oxygen atoms in total. The molecule has 1 heterocycles. The van der Waals surface area contributed by atoms with Crippen LogP contribution in [0.15, 0.2) is 4.99 Å². The first kappa shape index (κ1) is 22.0. The average molecular weight is 380 g/mol. The number of nitrogens with zero attached hydrogens (tertiary/aromatic N) is 3. The van der Waals surface area contributed by atoms with Crippen LogP contribution in [0.1, 0.15) is 59.3 Å². The van der Waals surface area contributed by atoms with Gasteiger partial charge in [0.05, 0.1) is 0 Å². The van der Waals surface area contributed by atoms with Crippen molar-refractivity contribution in [1.29, 1.82) is 0 Å². The van der Waals surface area contributed by atoms with E-state index >= 15 is 0 Å². The minimum Gasteiger partial charge on any atom is -0.355 e. The summed E-state index contributed by atoms with van der Waals surface area (Å²) in [4.78, 5) is 21.4. The summed E-state index contributed by atoms with van der Waals surface area (Å²) in [6.07, 6.45) is 7.06. The maximum atomic E-state index is 12.5. The van der Waals surface area contributed by atoms with Crippen molar-refractivity contribution in [3.8, 4) is 0 Å². The third-order valence-corrected chi connectivity index (χ3v) is 5.89. The van der Waals surface area contributed by atoms with Crippen LogP contribution in [0.2, 0.25) is 0 Å². The third kappa shape index (κ3) is 7.68. The Hall–Kier alpha value is -1.30. The van der Waals surface area contributed by atoms with Gasteiger partial charge in [0.15, 0.2) is 5.96 Å². The number of nitrogens with one attached hydrogen (secondary N) is 2. The van der Waals surface area contributed by atoms with Gasteiger partial charge in [-0.1, -0.05) is 26.7 Å². The van der Waals surface area contributed by atoms with Crippen molar-refractivity contribution in [2.24, 2.45) is 16.8 Å². The fourth-order valence-electron chi connectivity index (χ4n) is 4.04. The van der Waals surface area contributed by atoms with E-state index in [2.05, 4.69) is 46.2 Å². The summed E-state index contributed by atoms with van der Waals surface area (Å²) in [5.74, 6) is 2.35. The van der Waals surface area contributed by atoms with E-state index in [1.807, 2.05) is 7.05 Å². The van der Waals surface area contributed by atoms with Crippen molar-refractivity contribution in [2.45, 2.75) is 65.3 Å². The van der Waals surface area contributed by atoms with E-state index in [9.17, 15) is 4.79 Å². The normalized spacial score (nSPS) is 20.9. The van der Waals surface area contributed by atoms with E-state index in [4.69, 9.17) is 0 Å². The van der Waals surface area contributed by atoms with Gasteiger partial charge in [-0.2, -0.15) is 0 Å². The van der Waals surface area contributed by atoms with E-state index in [0.29, 0.717) is 17.9 Å². The van der Waals surface area contributed by atoms with Gasteiger partial charge in [0.2, 0.25) is 5.91 Å². The highest BCUT2D eigenvalue weighted by Gasteiger charge is 2.29. The number of hydrogen-bond donors (Lipinski definition) is 2. The SMILES string of the molecule is CN=C(NCCN1CCN(C(=O)C2CCCC2)CC1)NC(C)CCC(C)C. The molecule has 0 aromatic carbocycles. The van der Waals surface area contributed by atoms with Crippen LogP contribution in [-0.2, 0) is 4.79 Å². The molecule has 27 heavy (non-hydrogen) atoms. The van der Waals surface area contributed by atoms with Crippen LogP contribution in [0, 0.1) is 11.8 Å². The molecule has 1 atom stereocenters. The van der Waals surface area contributed by atoms with Gasteiger partial charge in [-0.15, -0.1) is 0 Å². The van der Waals surface area contributed by atoms with Crippen molar-refractivity contribution in [3.05, 3.63) is 0 Å². The molecular formula is C21H41N5O. The summed E-state index contributed by atoms with van der Waals surface area (Å²) >= 11 is 0. The minimum atomic E-state index is 0.310. The third-order valence-electron chi connectivity index (χ3n) is 5.89. The number of amides is 1. The highest BCUT2D eigenvalue weighted by molar-refractivity contribution is 5.80. The highest BCUT2D eigenvalue weighted by atomic mass is 16.2. The molecule has 1 saturated carbocycles. The fraction of sp³-hybridized carbons (Fsp3) is 0.905. The predicted octanol–water partition coefficient (Wildman–Crippen LogP) is 2.31. The molecule has 2 aliphatic rings. The lowest BCUT2D eigenvalue weighted by Crippen LogP contribution is -2.52.